The number of aromatic carboxylic acids is 3. The molecule has 0 fully saturated rings. The highest BCUT2D eigenvalue weighted by Crippen LogP contribution is 2.26. The first kappa shape index (κ1) is 17.8. The number of aldehydes is 1. The predicted octanol–water partition coefficient (Wildman–Crippen LogP) is 1.68. The number of aliphatic hydroxyl groups excluding tert-OH is 1. The lowest BCUT2D eigenvalue weighted by atomic mass is 9.94. The Bertz CT molecular complexity index is 884. The molecule has 0 aliphatic rings. The maximum absolute atomic E-state index is 11.2. The molecule has 0 spiro atoms. The third kappa shape index (κ3) is 3.54. The molecule has 2 rings (SSSR count). The van der Waals surface area contributed by atoms with E-state index in [2.05, 4.69) is 0 Å². The second-order valence-corrected chi connectivity index (χ2v) is 5.09. The zero-order valence-corrected chi connectivity index (χ0v) is 12.5. The Kier molecular flexibility index (Phi) is 4.94. The third-order valence-electron chi connectivity index (χ3n) is 3.57. The molecule has 0 saturated carbocycles. The number of hydrogen-bond donors (Lipinski definition) is 4. The minimum atomic E-state index is -1.48. The van der Waals surface area contributed by atoms with Crippen molar-refractivity contribution in [1.82, 2.24) is 0 Å². The van der Waals surface area contributed by atoms with Gasteiger partial charge < -0.3 is 20.4 Å². The Morgan fingerprint density at radius 1 is 0.760 bits per heavy atom. The summed E-state index contributed by atoms with van der Waals surface area (Å²) in [7, 11) is 0. The van der Waals surface area contributed by atoms with E-state index in [4.69, 9.17) is 15.3 Å². The van der Waals surface area contributed by atoms with E-state index in [1.54, 1.807) is 0 Å². The molecular formula is C17H12O8. The molecule has 4 N–H and O–H groups in total. The minimum absolute atomic E-state index is 0.0672. The van der Waals surface area contributed by atoms with E-state index < -0.39 is 35.1 Å². The van der Waals surface area contributed by atoms with Gasteiger partial charge in [0.2, 0.25) is 0 Å². The molecular weight excluding hydrogens is 332 g/mol. The van der Waals surface area contributed by atoms with Gasteiger partial charge in [-0.15, -0.1) is 0 Å². The summed E-state index contributed by atoms with van der Waals surface area (Å²) in [6, 6.07) is 6.93. The van der Waals surface area contributed by atoms with Crippen LogP contribution in [0.1, 0.15) is 58.7 Å². The van der Waals surface area contributed by atoms with E-state index in [0.29, 0.717) is 6.29 Å². The maximum atomic E-state index is 11.2. The molecule has 1 atom stereocenters. The van der Waals surface area contributed by atoms with Crippen LogP contribution in [-0.4, -0.2) is 44.6 Å². The first-order valence-electron chi connectivity index (χ1n) is 6.87. The highest BCUT2D eigenvalue weighted by molar-refractivity contribution is 6.02. The molecule has 0 radical (unpaired) electrons. The average Bonchev–Trinajstić information content (AvgIpc) is 2.59. The molecule has 2 aromatic carbocycles. The van der Waals surface area contributed by atoms with Gasteiger partial charge in [-0.05, 0) is 29.3 Å². The first-order chi connectivity index (χ1) is 11.8. The molecule has 0 aliphatic carbocycles. The smallest absolute Gasteiger partial charge is 0.336 e. The molecule has 8 heteroatoms. The molecule has 0 heterocycles. The van der Waals surface area contributed by atoms with Crippen LogP contribution in [0, 0.1) is 0 Å². The SMILES string of the molecule is O=Cc1ccc(C(O)c2ccc(C(=O)O)c(C(=O)O)c2)cc1C(=O)O. The predicted molar refractivity (Wildman–Crippen MR) is 83.2 cm³/mol. The molecule has 128 valence electrons. The van der Waals surface area contributed by atoms with Gasteiger partial charge in [-0.3, -0.25) is 4.79 Å². The number of carboxylic acid groups (broad SMARTS) is 3. The minimum Gasteiger partial charge on any atom is -0.478 e. The summed E-state index contributed by atoms with van der Waals surface area (Å²) in [5, 5.41) is 37.6. The normalized spacial score (nSPS) is 11.6. The fourth-order valence-corrected chi connectivity index (χ4v) is 2.32. The highest BCUT2D eigenvalue weighted by atomic mass is 16.4. The third-order valence-corrected chi connectivity index (χ3v) is 3.57. The Balaban J connectivity index is 2.52. The number of carbonyl (C=O) groups excluding carboxylic acids is 1. The van der Waals surface area contributed by atoms with Crippen molar-refractivity contribution in [1.29, 1.82) is 0 Å². The van der Waals surface area contributed by atoms with Crippen LogP contribution < -0.4 is 0 Å². The summed E-state index contributed by atoms with van der Waals surface area (Å²) >= 11 is 0. The van der Waals surface area contributed by atoms with Crippen LogP contribution in [-0.2, 0) is 0 Å². The Labute approximate surface area is 140 Å². The van der Waals surface area contributed by atoms with Crippen LogP contribution in [0.3, 0.4) is 0 Å². The molecule has 0 saturated heterocycles. The monoisotopic (exact) mass is 344 g/mol. The van der Waals surface area contributed by atoms with Crippen molar-refractivity contribution in [2.45, 2.75) is 6.10 Å². The lowest BCUT2D eigenvalue weighted by molar-refractivity contribution is 0.0651. The van der Waals surface area contributed by atoms with Crippen molar-refractivity contribution in [3.8, 4) is 0 Å². The second-order valence-electron chi connectivity index (χ2n) is 5.09. The van der Waals surface area contributed by atoms with Gasteiger partial charge in [0.1, 0.15) is 6.10 Å². The summed E-state index contributed by atoms with van der Waals surface area (Å²) in [6.07, 6.45) is -1.04. The Morgan fingerprint density at radius 3 is 1.72 bits per heavy atom. The van der Waals surface area contributed by atoms with Crippen molar-refractivity contribution < 1.29 is 39.6 Å². The van der Waals surface area contributed by atoms with Crippen molar-refractivity contribution >= 4 is 24.2 Å². The van der Waals surface area contributed by atoms with Gasteiger partial charge >= 0.3 is 17.9 Å². The van der Waals surface area contributed by atoms with Gasteiger partial charge in [-0.25, -0.2) is 14.4 Å². The van der Waals surface area contributed by atoms with E-state index in [0.717, 1.165) is 18.2 Å². The summed E-state index contributed by atoms with van der Waals surface area (Å²) in [5.41, 5.74) is -1.15. The van der Waals surface area contributed by atoms with Gasteiger partial charge in [0.05, 0.1) is 16.7 Å². The van der Waals surface area contributed by atoms with Gasteiger partial charge in [-0.1, -0.05) is 18.2 Å². The zero-order valence-electron chi connectivity index (χ0n) is 12.5. The van der Waals surface area contributed by atoms with E-state index in [-0.39, 0.29) is 22.3 Å². The number of benzene rings is 2. The number of carbonyl (C=O) groups is 4. The fourth-order valence-electron chi connectivity index (χ4n) is 2.32. The standard InChI is InChI=1S/C17H12O8/c18-7-10-2-1-8(5-12(10)16(22)23)14(19)9-3-4-11(15(20)21)13(6-9)17(24)25/h1-7,14,19H,(H,20,21)(H,22,23)(H,24,25). The molecule has 0 aromatic heterocycles. The summed E-state index contributed by atoms with van der Waals surface area (Å²) in [4.78, 5) is 44.3. The topological polar surface area (TPSA) is 149 Å². The van der Waals surface area contributed by atoms with Gasteiger partial charge in [0, 0.05) is 5.56 Å². The lowest BCUT2D eigenvalue weighted by Gasteiger charge is -2.14. The highest BCUT2D eigenvalue weighted by Gasteiger charge is 2.21. The van der Waals surface area contributed by atoms with E-state index in [9.17, 15) is 24.3 Å². The summed E-state index contributed by atoms with van der Waals surface area (Å²) in [5.74, 6) is -4.26. The Morgan fingerprint density at radius 2 is 1.24 bits per heavy atom. The number of carboxylic acids is 3. The molecule has 0 bridgehead atoms. The molecule has 8 nitrogen and oxygen atoms in total. The maximum Gasteiger partial charge on any atom is 0.336 e. The summed E-state index contributed by atoms with van der Waals surface area (Å²) < 4.78 is 0. The van der Waals surface area contributed by atoms with Crippen molar-refractivity contribution in [2.75, 3.05) is 0 Å². The van der Waals surface area contributed by atoms with Crippen LogP contribution in [0.15, 0.2) is 36.4 Å². The molecule has 1 unspecified atom stereocenters. The van der Waals surface area contributed by atoms with E-state index in [1.165, 1.54) is 18.2 Å². The molecule has 0 aliphatic heterocycles. The Hall–Kier alpha value is -3.52. The van der Waals surface area contributed by atoms with Crippen molar-refractivity contribution in [3.63, 3.8) is 0 Å². The number of hydrogen-bond acceptors (Lipinski definition) is 5. The van der Waals surface area contributed by atoms with Gasteiger partial charge in [-0.2, -0.15) is 0 Å². The number of rotatable bonds is 6. The first-order valence-corrected chi connectivity index (χ1v) is 6.87. The van der Waals surface area contributed by atoms with Crippen LogP contribution >= 0.6 is 0 Å². The van der Waals surface area contributed by atoms with E-state index >= 15 is 0 Å². The van der Waals surface area contributed by atoms with E-state index in [1.807, 2.05) is 0 Å². The molecule has 0 amide bonds. The summed E-state index contributed by atoms with van der Waals surface area (Å²) in [6.45, 7) is 0. The lowest BCUT2D eigenvalue weighted by Crippen LogP contribution is -2.11. The van der Waals surface area contributed by atoms with Gasteiger partial charge in [0.15, 0.2) is 6.29 Å². The quantitative estimate of drug-likeness (QED) is 0.578. The van der Waals surface area contributed by atoms with Crippen LogP contribution in [0.25, 0.3) is 0 Å². The fraction of sp³-hybridized carbons (Fsp3) is 0.0588. The largest absolute Gasteiger partial charge is 0.478 e. The average molecular weight is 344 g/mol. The van der Waals surface area contributed by atoms with Gasteiger partial charge in [0.25, 0.3) is 0 Å². The van der Waals surface area contributed by atoms with Crippen LogP contribution in [0.4, 0.5) is 0 Å². The van der Waals surface area contributed by atoms with Crippen LogP contribution in [0.2, 0.25) is 0 Å². The number of aliphatic hydroxyl groups is 1. The van der Waals surface area contributed by atoms with Crippen LogP contribution in [0.5, 0.6) is 0 Å². The molecule has 2 aromatic rings. The van der Waals surface area contributed by atoms with Crippen molar-refractivity contribution in [2.24, 2.45) is 0 Å². The zero-order chi connectivity index (χ0) is 18.7. The second kappa shape index (κ2) is 6.93. The van der Waals surface area contributed by atoms with Crippen molar-refractivity contribution in [3.05, 3.63) is 69.8 Å². The molecule has 25 heavy (non-hydrogen) atoms.